The average Bonchev–Trinajstić information content (AvgIpc) is 2.43. The van der Waals surface area contributed by atoms with Gasteiger partial charge in [-0.2, -0.15) is 0 Å². The minimum absolute atomic E-state index is 0.146. The molecular formula is C16H16N2O3. The van der Waals surface area contributed by atoms with Crippen molar-refractivity contribution in [1.29, 1.82) is 0 Å². The van der Waals surface area contributed by atoms with Crippen LogP contribution in [0.25, 0.3) is 0 Å². The number of nitrogen functional groups attached to an aromatic ring is 1. The van der Waals surface area contributed by atoms with Crippen LogP contribution in [0.2, 0.25) is 0 Å². The first kappa shape index (κ1) is 14.6. The Balaban J connectivity index is 2.23. The number of carbonyl (C=O) groups excluding carboxylic acids is 1. The van der Waals surface area contributed by atoms with Crippen LogP contribution in [-0.2, 0) is 11.2 Å². The van der Waals surface area contributed by atoms with E-state index in [1.807, 2.05) is 6.92 Å². The molecule has 2 aromatic carbocycles. The molecule has 0 aliphatic rings. The number of hydrogen-bond acceptors (Lipinski definition) is 3. The maximum absolute atomic E-state index is 12.2. The molecule has 0 fully saturated rings. The number of rotatable bonds is 4. The van der Waals surface area contributed by atoms with E-state index in [2.05, 4.69) is 5.32 Å². The van der Waals surface area contributed by atoms with Gasteiger partial charge in [0.05, 0.1) is 6.42 Å². The molecule has 4 N–H and O–H groups in total. The third kappa shape index (κ3) is 3.60. The first-order valence-electron chi connectivity index (χ1n) is 6.44. The lowest BCUT2D eigenvalue weighted by Crippen LogP contribution is -2.14. The smallest absolute Gasteiger partial charge is 0.307 e. The summed E-state index contributed by atoms with van der Waals surface area (Å²) in [5.74, 6) is -1.27. The minimum atomic E-state index is -0.948. The Morgan fingerprint density at radius 2 is 1.90 bits per heavy atom. The average molecular weight is 284 g/mol. The van der Waals surface area contributed by atoms with Crippen LogP contribution in [0, 0.1) is 6.92 Å². The van der Waals surface area contributed by atoms with Crippen LogP contribution in [0.1, 0.15) is 21.5 Å². The van der Waals surface area contributed by atoms with Gasteiger partial charge in [0.2, 0.25) is 0 Å². The van der Waals surface area contributed by atoms with Gasteiger partial charge in [-0.3, -0.25) is 9.59 Å². The molecule has 0 aliphatic heterocycles. The molecule has 0 spiro atoms. The third-order valence-electron chi connectivity index (χ3n) is 3.15. The van der Waals surface area contributed by atoms with Crippen molar-refractivity contribution < 1.29 is 14.7 Å². The van der Waals surface area contributed by atoms with Crippen LogP contribution in [0.4, 0.5) is 11.4 Å². The lowest BCUT2D eigenvalue weighted by atomic mass is 10.1. The van der Waals surface area contributed by atoms with Gasteiger partial charge < -0.3 is 16.2 Å². The Labute approximate surface area is 122 Å². The number of hydrogen-bond donors (Lipinski definition) is 3. The van der Waals surface area contributed by atoms with Crippen LogP contribution in [0.3, 0.4) is 0 Å². The number of nitrogens with two attached hydrogens (primary N) is 1. The second-order valence-electron chi connectivity index (χ2n) is 4.75. The maximum Gasteiger partial charge on any atom is 0.307 e. The van der Waals surface area contributed by atoms with E-state index in [4.69, 9.17) is 10.8 Å². The van der Waals surface area contributed by atoms with Crippen molar-refractivity contribution >= 4 is 23.3 Å². The molecule has 5 nitrogen and oxygen atoms in total. The van der Waals surface area contributed by atoms with Crippen molar-refractivity contribution in [2.24, 2.45) is 0 Å². The Morgan fingerprint density at radius 1 is 1.19 bits per heavy atom. The van der Waals surface area contributed by atoms with Crippen LogP contribution >= 0.6 is 0 Å². The lowest BCUT2D eigenvalue weighted by molar-refractivity contribution is -0.136. The monoisotopic (exact) mass is 284 g/mol. The second kappa shape index (κ2) is 6.09. The molecule has 2 aromatic rings. The number of carbonyl (C=O) groups is 2. The van der Waals surface area contributed by atoms with Gasteiger partial charge in [-0.05, 0) is 36.2 Å². The Kier molecular flexibility index (Phi) is 4.23. The predicted molar refractivity (Wildman–Crippen MR) is 81.3 cm³/mol. The quantitative estimate of drug-likeness (QED) is 0.752. The Hall–Kier alpha value is -2.82. The number of anilines is 2. The number of amides is 1. The van der Waals surface area contributed by atoms with E-state index < -0.39 is 5.97 Å². The summed E-state index contributed by atoms with van der Waals surface area (Å²) in [5, 5.41) is 11.6. The number of carboxylic acid groups (broad SMARTS) is 1. The first-order chi connectivity index (χ1) is 9.97. The van der Waals surface area contributed by atoms with Crippen LogP contribution < -0.4 is 11.1 Å². The molecule has 2 rings (SSSR count). The SMILES string of the molecule is Cc1ccc(C(=O)Nc2ccccc2CC(=O)O)cc1N. The molecule has 0 unspecified atom stereocenters. The normalized spacial score (nSPS) is 10.1. The molecule has 21 heavy (non-hydrogen) atoms. The van der Waals surface area contributed by atoms with E-state index in [1.165, 1.54) is 0 Å². The van der Waals surface area contributed by atoms with E-state index in [-0.39, 0.29) is 12.3 Å². The van der Waals surface area contributed by atoms with Crippen molar-refractivity contribution in [3.8, 4) is 0 Å². The highest BCUT2D eigenvalue weighted by Gasteiger charge is 2.11. The molecule has 0 radical (unpaired) electrons. The first-order valence-corrected chi connectivity index (χ1v) is 6.44. The lowest BCUT2D eigenvalue weighted by Gasteiger charge is -2.10. The Morgan fingerprint density at radius 3 is 2.57 bits per heavy atom. The fourth-order valence-electron chi connectivity index (χ4n) is 1.94. The zero-order valence-corrected chi connectivity index (χ0v) is 11.6. The summed E-state index contributed by atoms with van der Waals surface area (Å²) in [5.41, 5.74) is 8.71. The summed E-state index contributed by atoms with van der Waals surface area (Å²) in [6, 6.07) is 11.9. The Bertz CT molecular complexity index is 696. The van der Waals surface area contributed by atoms with E-state index in [1.54, 1.807) is 42.5 Å². The highest BCUT2D eigenvalue weighted by Crippen LogP contribution is 2.18. The van der Waals surface area contributed by atoms with Crippen molar-refractivity contribution in [2.45, 2.75) is 13.3 Å². The number of carboxylic acids is 1. The molecule has 0 heterocycles. The summed E-state index contributed by atoms with van der Waals surface area (Å²) < 4.78 is 0. The zero-order valence-electron chi connectivity index (χ0n) is 11.6. The van der Waals surface area contributed by atoms with E-state index >= 15 is 0 Å². The summed E-state index contributed by atoms with van der Waals surface area (Å²) in [6.07, 6.45) is -0.146. The topological polar surface area (TPSA) is 92.4 Å². The molecular weight excluding hydrogens is 268 g/mol. The number of benzene rings is 2. The largest absolute Gasteiger partial charge is 0.481 e. The van der Waals surface area contributed by atoms with Gasteiger partial charge in [-0.1, -0.05) is 24.3 Å². The van der Waals surface area contributed by atoms with Gasteiger partial charge in [-0.25, -0.2) is 0 Å². The van der Waals surface area contributed by atoms with E-state index in [9.17, 15) is 9.59 Å². The molecule has 0 atom stereocenters. The molecule has 1 amide bonds. The summed E-state index contributed by atoms with van der Waals surface area (Å²) in [6.45, 7) is 1.86. The molecule has 0 saturated carbocycles. The fourth-order valence-corrected chi connectivity index (χ4v) is 1.94. The van der Waals surface area contributed by atoms with Gasteiger partial charge in [-0.15, -0.1) is 0 Å². The van der Waals surface area contributed by atoms with Gasteiger partial charge in [0.25, 0.3) is 5.91 Å². The van der Waals surface area contributed by atoms with Crippen molar-refractivity contribution in [2.75, 3.05) is 11.1 Å². The highest BCUT2D eigenvalue weighted by molar-refractivity contribution is 6.05. The van der Waals surface area contributed by atoms with Gasteiger partial charge >= 0.3 is 5.97 Å². The molecule has 0 aliphatic carbocycles. The summed E-state index contributed by atoms with van der Waals surface area (Å²) in [7, 11) is 0. The minimum Gasteiger partial charge on any atom is -0.481 e. The number of aliphatic carboxylic acids is 1. The van der Waals surface area contributed by atoms with Crippen LogP contribution in [0.5, 0.6) is 0 Å². The second-order valence-corrected chi connectivity index (χ2v) is 4.75. The highest BCUT2D eigenvalue weighted by atomic mass is 16.4. The van der Waals surface area contributed by atoms with Crippen molar-refractivity contribution in [3.05, 3.63) is 59.2 Å². The van der Waals surface area contributed by atoms with Crippen LogP contribution in [0.15, 0.2) is 42.5 Å². The predicted octanol–water partition coefficient (Wildman–Crippen LogP) is 2.46. The molecule has 0 bridgehead atoms. The molecule has 5 heteroatoms. The fraction of sp³-hybridized carbons (Fsp3) is 0.125. The third-order valence-corrected chi connectivity index (χ3v) is 3.15. The standard InChI is InChI=1S/C16H16N2O3/c1-10-6-7-12(8-13(10)17)16(21)18-14-5-3-2-4-11(14)9-15(19)20/h2-8H,9,17H2,1H3,(H,18,21)(H,19,20). The maximum atomic E-state index is 12.2. The number of para-hydroxylation sites is 1. The van der Waals surface area contributed by atoms with Crippen molar-refractivity contribution in [3.63, 3.8) is 0 Å². The zero-order chi connectivity index (χ0) is 15.4. The van der Waals surface area contributed by atoms with Crippen LogP contribution in [-0.4, -0.2) is 17.0 Å². The summed E-state index contributed by atoms with van der Waals surface area (Å²) in [4.78, 5) is 23.0. The number of aryl methyl sites for hydroxylation is 1. The van der Waals surface area contributed by atoms with E-state index in [0.717, 1.165) is 5.56 Å². The molecule has 0 aromatic heterocycles. The van der Waals surface area contributed by atoms with Gasteiger partial charge in [0.1, 0.15) is 0 Å². The van der Waals surface area contributed by atoms with Gasteiger partial charge in [0.15, 0.2) is 0 Å². The van der Waals surface area contributed by atoms with Crippen molar-refractivity contribution in [1.82, 2.24) is 0 Å². The molecule has 0 saturated heterocycles. The number of nitrogens with one attached hydrogen (secondary N) is 1. The van der Waals surface area contributed by atoms with E-state index in [0.29, 0.717) is 22.5 Å². The summed E-state index contributed by atoms with van der Waals surface area (Å²) >= 11 is 0. The van der Waals surface area contributed by atoms with Gasteiger partial charge in [0, 0.05) is 16.9 Å². The molecule has 108 valence electrons.